The molecule has 1 amide bonds. The summed E-state index contributed by atoms with van der Waals surface area (Å²) in [5, 5.41) is 8.96. The van der Waals surface area contributed by atoms with Crippen LogP contribution in [0.3, 0.4) is 0 Å². The molecule has 2 saturated heterocycles. The van der Waals surface area contributed by atoms with E-state index >= 15 is 0 Å². The first kappa shape index (κ1) is 8.83. The fraction of sp³-hybridized carbons (Fsp3) is 0.714. The number of nitrogens with zero attached hydrogens (tertiary/aromatic N) is 1. The lowest BCUT2D eigenvalue weighted by Gasteiger charge is -2.40. The summed E-state index contributed by atoms with van der Waals surface area (Å²) < 4.78 is 4.54. The number of hydrogen-bond acceptors (Lipinski definition) is 5. The Bertz CT molecular complexity index is 261. The van der Waals surface area contributed by atoms with Gasteiger partial charge in [0.2, 0.25) is 0 Å². The highest BCUT2D eigenvalue weighted by atomic mass is 32.2. The topological polar surface area (TPSA) is 66.8 Å². The lowest BCUT2D eigenvalue weighted by atomic mass is 10.1. The van der Waals surface area contributed by atoms with Crippen LogP contribution in [0.4, 0.5) is 0 Å². The van der Waals surface area contributed by atoms with Gasteiger partial charge in [-0.15, -0.1) is 11.8 Å². The zero-order chi connectivity index (χ0) is 9.59. The molecule has 0 aromatic rings. The van der Waals surface area contributed by atoms with E-state index in [0.717, 1.165) is 0 Å². The van der Waals surface area contributed by atoms with Gasteiger partial charge in [-0.3, -0.25) is 4.79 Å². The summed E-state index contributed by atoms with van der Waals surface area (Å²) in [5.74, 6) is -0.263. The van der Waals surface area contributed by atoms with Crippen molar-refractivity contribution in [3.8, 4) is 0 Å². The molecule has 0 radical (unpaired) electrons. The van der Waals surface area contributed by atoms with Crippen LogP contribution in [-0.4, -0.2) is 52.3 Å². The minimum atomic E-state index is -0.931. The molecule has 1 N–H and O–H groups in total. The third-order valence-corrected chi connectivity index (χ3v) is 3.62. The van der Waals surface area contributed by atoms with Crippen molar-refractivity contribution in [2.24, 2.45) is 0 Å². The van der Waals surface area contributed by atoms with E-state index in [1.165, 1.54) is 23.8 Å². The molecule has 0 aromatic carbocycles. The van der Waals surface area contributed by atoms with Crippen LogP contribution in [0.1, 0.15) is 0 Å². The molecule has 13 heavy (non-hydrogen) atoms. The number of amides is 1. The number of β-lactam (4-membered cyclic amide) rings is 1. The first-order chi connectivity index (χ1) is 6.16. The molecule has 2 fully saturated rings. The molecular weight excluding hydrogens is 194 g/mol. The number of hydrogen-bond donors (Lipinski definition) is 1. The molecule has 2 aliphatic heterocycles. The molecule has 5 nitrogen and oxygen atoms in total. The molecule has 3 atom stereocenters. The Morgan fingerprint density at radius 1 is 1.77 bits per heavy atom. The van der Waals surface area contributed by atoms with Gasteiger partial charge in [0, 0.05) is 5.75 Å². The SMILES string of the molecule is COC(=O)C1CS[C@H]2C(O)C(=O)N12. The number of methoxy groups -OCH3 is 1. The van der Waals surface area contributed by atoms with Gasteiger partial charge in [-0.2, -0.15) is 0 Å². The van der Waals surface area contributed by atoms with Gasteiger partial charge in [-0.1, -0.05) is 0 Å². The minimum absolute atomic E-state index is 0.239. The van der Waals surface area contributed by atoms with Crippen LogP contribution in [0.5, 0.6) is 0 Å². The Kier molecular flexibility index (Phi) is 1.96. The largest absolute Gasteiger partial charge is 0.467 e. The fourth-order valence-electron chi connectivity index (χ4n) is 1.56. The summed E-state index contributed by atoms with van der Waals surface area (Å²) in [5.41, 5.74) is 0. The van der Waals surface area contributed by atoms with Crippen LogP contribution >= 0.6 is 11.8 Å². The molecule has 0 spiro atoms. The number of esters is 1. The maximum absolute atomic E-state index is 11.1. The van der Waals surface area contributed by atoms with Crippen molar-refractivity contribution in [1.29, 1.82) is 0 Å². The van der Waals surface area contributed by atoms with Crippen molar-refractivity contribution in [3.05, 3.63) is 0 Å². The Morgan fingerprint density at radius 3 is 3.08 bits per heavy atom. The Balaban J connectivity index is 2.11. The van der Waals surface area contributed by atoms with Gasteiger partial charge in [0.15, 0.2) is 6.10 Å². The van der Waals surface area contributed by atoms with Crippen molar-refractivity contribution in [3.63, 3.8) is 0 Å². The molecule has 72 valence electrons. The maximum Gasteiger partial charge on any atom is 0.329 e. The van der Waals surface area contributed by atoms with Crippen LogP contribution in [0.2, 0.25) is 0 Å². The lowest BCUT2D eigenvalue weighted by molar-refractivity contribution is -0.169. The highest BCUT2D eigenvalue weighted by Crippen LogP contribution is 2.39. The summed E-state index contributed by atoms with van der Waals surface area (Å²) >= 11 is 1.41. The van der Waals surface area contributed by atoms with Gasteiger partial charge in [0.25, 0.3) is 5.91 Å². The summed E-state index contributed by atoms with van der Waals surface area (Å²) in [6, 6.07) is -0.504. The quantitative estimate of drug-likeness (QED) is 0.428. The van der Waals surface area contributed by atoms with Gasteiger partial charge < -0.3 is 14.7 Å². The van der Waals surface area contributed by atoms with E-state index in [9.17, 15) is 14.7 Å². The van der Waals surface area contributed by atoms with E-state index in [1.807, 2.05) is 0 Å². The minimum Gasteiger partial charge on any atom is -0.467 e. The Hall–Kier alpha value is -0.750. The number of thioether (sulfide) groups is 1. The molecule has 0 bridgehead atoms. The first-order valence-electron chi connectivity index (χ1n) is 3.86. The Morgan fingerprint density at radius 2 is 2.46 bits per heavy atom. The number of carbonyl (C=O) groups is 2. The van der Waals surface area contributed by atoms with E-state index in [4.69, 9.17) is 0 Å². The molecule has 6 heteroatoms. The molecule has 0 saturated carbocycles. The van der Waals surface area contributed by atoms with Crippen molar-refractivity contribution in [2.75, 3.05) is 12.9 Å². The van der Waals surface area contributed by atoms with Crippen LogP contribution in [-0.2, 0) is 14.3 Å². The highest BCUT2D eigenvalue weighted by molar-refractivity contribution is 8.00. The van der Waals surface area contributed by atoms with Crippen LogP contribution < -0.4 is 0 Å². The molecule has 0 aromatic heterocycles. The molecule has 0 aliphatic carbocycles. The predicted octanol–water partition coefficient (Wildman–Crippen LogP) is -1.20. The fourth-order valence-corrected chi connectivity index (χ4v) is 2.95. The summed E-state index contributed by atoms with van der Waals surface area (Å²) in [6.07, 6.45) is -0.931. The second-order valence-electron chi connectivity index (χ2n) is 2.95. The normalized spacial score (nSPS) is 36.9. The number of aliphatic hydroxyl groups is 1. The van der Waals surface area contributed by atoms with Crippen molar-refractivity contribution < 1.29 is 19.4 Å². The molecular formula is C7H9NO4S. The van der Waals surface area contributed by atoms with Crippen LogP contribution in [0.15, 0.2) is 0 Å². The molecule has 2 unspecified atom stereocenters. The maximum atomic E-state index is 11.1. The zero-order valence-corrected chi connectivity index (χ0v) is 7.78. The first-order valence-corrected chi connectivity index (χ1v) is 4.91. The summed E-state index contributed by atoms with van der Waals surface area (Å²) in [6.45, 7) is 0. The standard InChI is InChI=1S/C7H9NO4S/c1-12-7(11)3-2-13-6-4(9)5(10)8(3)6/h3-4,6,9H,2H2,1H3/t3?,4?,6-/m0/s1. The zero-order valence-electron chi connectivity index (χ0n) is 6.97. The monoisotopic (exact) mass is 203 g/mol. The third-order valence-electron chi connectivity index (χ3n) is 2.29. The second-order valence-corrected chi connectivity index (χ2v) is 4.10. The van der Waals surface area contributed by atoms with Gasteiger partial charge >= 0.3 is 5.97 Å². The molecule has 2 aliphatic rings. The van der Waals surface area contributed by atoms with Crippen molar-refractivity contribution >= 4 is 23.6 Å². The van der Waals surface area contributed by atoms with Crippen molar-refractivity contribution in [1.82, 2.24) is 4.90 Å². The van der Waals surface area contributed by atoms with Crippen LogP contribution in [0, 0.1) is 0 Å². The smallest absolute Gasteiger partial charge is 0.329 e. The third kappa shape index (κ3) is 1.05. The summed E-state index contributed by atoms with van der Waals surface area (Å²) in [7, 11) is 1.29. The average molecular weight is 203 g/mol. The van der Waals surface area contributed by atoms with Crippen LogP contribution in [0.25, 0.3) is 0 Å². The number of ether oxygens (including phenoxy) is 1. The number of aliphatic hydroxyl groups excluding tert-OH is 1. The van der Waals surface area contributed by atoms with Gasteiger partial charge in [0.05, 0.1) is 7.11 Å². The highest BCUT2D eigenvalue weighted by Gasteiger charge is 2.56. The number of rotatable bonds is 1. The lowest BCUT2D eigenvalue weighted by Crippen LogP contribution is -2.64. The average Bonchev–Trinajstić information content (AvgIpc) is 2.56. The number of fused-ring (bicyclic) bond motifs is 1. The molecule has 2 rings (SSSR count). The van der Waals surface area contributed by atoms with Gasteiger partial charge in [-0.25, -0.2) is 4.79 Å². The number of carbonyl (C=O) groups excluding carboxylic acids is 2. The van der Waals surface area contributed by atoms with E-state index < -0.39 is 18.1 Å². The van der Waals surface area contributed by atoms with E-state index in [-0.39, 0.29) is 11.3 Å². The Labute approximate surface area is 79.0 Å². The van der Waals surface area contributed by atoms with Crippen molar-refractivity contribution in [2.45, 2.75) is 17.5 Å². The predicted molar refractivity (Wildman–Crippen MR) is 44.9 cm³/mol. The summed E-state index contributed by atoms with van der Waals surface area (Å²) in [4.78, 5) is 23.7. The van der Waals surface area contributed by atoms with E-state index in [0.29, 0.717) is 5.75 Å². The molecule has 2 heterocycles. The van der Waals surface area contributed by atoms with E-state index in [1.54, 1.807) is 0 Å². The second kappa shape index (κ2) is 2.88. The van der Waals surface area contributed by atoms with Gasteiger partial charge in [0.1, 0.15) is 11.4 Å². The van der Waals surface area contributed by atoms with Gasteiger partial charge in [-0.05, 0) is 0 Å². The van der Waals surface area contributed by atoms with E-state index in [2.05, 4.69) is 4.74 Å².